The summed E-state index contributed by atoms with van der Waals surface area (Å²) < 4.78 is 0. The van der Waals surface area contributed by atoms with Gasteiger partial charge in [0, 0.05) is 12.1 Å². The van der Waals surface area contributed by atoms with E-state index in [2.05, 4.69) is 43.4 Å². The predicted molar refractivity (Wildman–Crippen MR) is 77.5 cm³/mol. The van der Waals surface area contributed by atoms with Crippen LogP contribution in [0.3, 0.4) is 0 Å². The van der Waals surface area contributed by atoms with Gasteiger partial charge in [-0.15, -0.1) is 0 Å². The zero-order valence-electron chi connectivity index (χ0n) is 11.7. The molecule has 100 valence electrons. The highest BCUT2D eigenvalue weighted by Gasteiger charge is 2.25. The largest absolute Gasteiger partial charge is 0.330 e. The van der Waals surface area contributed by atoms with Crippen molar-refractivity contribution in [1.29, 1.82) is 0 Å². The Morgan fingerprint density at radius 2 is 2.00 bits per heavy atom. The van der Waals surface area contributed by atoms with Crippen LogP contribution in [0.1, 0.15) is 49.8 Å². The van der Waals surface area contributed by atoms with Gasteiger partial charge < -0.3 is 11.1 Å². The summed E-state index contributed by atoms with van der Waals surface area (Å²) in [5.74, 6) is 0.658. The SMILES string of the molecule is Cc1ccccc1[C@H](C)NC1CCCCC1CN. The number of benzene rings is 1. The fourth-order valence-electron chi connectivity index (χ4n) is 3.19. The van der Waals surface area contributed by atoms with Crippen molar-refractivity contribution in [2.45, 2.75) is 51.6 Å². The maximum atomic E-state index is 5.90. The van der Waals surface area contributed by atoms with Gasteiger partial charge in [-0.2, -0.15) is 0 Å². The summed E-state index contributed by atoms with van der Waals surface area (Å²) in [6.45, 7) is 5.28. The van der Waals surface area contributed by atoms with E-state index in [4.69, 9.17) is 5.73 Å². The lowest BCUT2D eigenvalue weighted by Gasteiger charge is -2.34. The van der Waals surface area contributed by atoms with Crippen LogP contribution < -0.4 is 11.1 Å². The van der Waals surface area contributed by atoms with Gasteiger partial charge in [-0.3, -0.25) is 0 Å². The number of aryl methyl sites for hydroxylation is 1. The second-order valence-electron chi connectivity index (χ2n) is 5.63. The smallest absolute Gasteiger partial charge is 0.0297 e. The Bertz CT molecular complexity index is 375. The summed E-state index contributed by atoms with van der Waals surface area (Å²) in [4.78, 5) is 0. The minimum atomic E-state index is 0.420. The van der Waals surface area contributed by atoms with Gasteiger partial charge in [-0.1, -0.05) is 37.1 Å². The third-order valence-electron chi connectivity index (χ3n) is 4.33. The lowest BCUT2D eigenvalue weighted by molar-refractivity contribution is 0.252. The van der Waals surface area contributed by atoms with E-state index >= 15 is 0 Å². The van der Waals surface area contributed by atoms with Crippen LogP contribution >= 0.6 is 0 Å². The molecule has 0 heterocycles. The van der Waals surface area contributed by atoms with E-state index in [0.717, 1.165) is 6.54 Å². The fraction of sp³-hybridized carbons (Fsp3) is 0.625. The Labute approximate surface area is 111 Å². The van der Waals surface area contributed by atoms with E-state index in [1.54, 1.807) is 0 Å². The van der Waals surface area contributed by atoms with Crippen LogP contribution in [0.4, 0.5) is 0 Å². The minimum absolute atomic E-state index is 0.420. The Balaban J connectivity index is 2.02. The summed E-state index contributed by atoms with van der Waals surface area (Å²) in [6, 6.07) is 9.67. The molecular formula is C16H26N2. The summed E-state index contributed by atoms with van der Waals surface area (Å²) in [7, 11) is 0. The number of nitrogens with one attached hydrogen (secondary N) is 1. The number of hydrogen-bond donors (Lipinski definition) is 2. The Morgan fingerprint density at radius 1 is 1.28 bits per heavy atom. The lowest BCUT2D eigenvalue weighted by atomic mass is 9.84. The molecule has 2 heteroatoms. The molecule has 0 aliphatic heterocycles. The van der Waals surface area contributed by atoms with Gasteiger partial charge in [0.25, 0.3) is 0 Å². The predicted octanol–water partition coefficient (Wildman–Crippen LogP) is 3.16. The van der Waals surface area contributed by atoms with Crippen LogP contribution in [-0.2, 0) is 0 Å². The molecule has 1 aliphatic carbocycles. The number of hydrogen-bond acceptors (Lipinski definition) is 2. The zero-order chi connectivity index (χ0) is 13.0. The van der Waals surface area contributed by atoms with Crippen LogP contribution in [0.25, 0.3) is 0 Å². The minimum Gasteiger partial charge on any atom is -0.330 e. The molecule has 3 atom stereocenters. The fourth-order valence-corrected chi connectivity index (χ4v) is 3.19. The average molecular weight is 246 g/mol. The molecule has 1 aliphatic rings. The molecule has 1 aromatic carbocycles. The monoisotopic (exact) mass is 246 g/mol. The molecule has 0 aromatic heterocycles. The molecule has 1 fully saturated rings. The van der Waals surface area contributed by atoms with Crippen molar-refractivity contribution in [3.05, 3.63) is 35.4 Å². The van der Waals surface area contributed by atoms with Crippen molar-refractivity contribution >= 4 is 0 Å². The van der Waals surface area contributed by atoms with Gasteiger partial charge in [0.2, 0.25) is 0 Å². The van der Waals surface area contributed by atoms with Crippen LogP contribution in [0, 0.1) is 12.8 Å². The first-order valence-electron chi connectivity index (χ1n) is 7.24. The van der Waals surface area contributed by atoms with Crippen LogP contribution in [0.2, 0.25) is 0 Å². The van der Waals surface area contributed by atoms with E-state index in [-0.39, 0.29) is 0 Å². The van der Waals surface area contributed by atoms with Crippen molar-refractivity contribution in [2.75, 3.05) is 6.54 Å². The Kier molecular flexibility index (Phi) is 4.79. The first-order valence-corrected chi connectivity index (χ1v) is 7.24. The molecule has 3 N–H and O–H groups in total. The summed E-state index contributed by atoms with van der Waals surface area (Å²) in [5.41, 5.74) is 8.69. The molecule has 2 nitrogen and oxygen atoms in total. The quantitative estimate of drug-likeness (QED) is 0.856. The van der Waals surface area contributed by atoms with Gasteiger partial charge in [-0.25, -0.2) is 0 Å². The van der Waals surface area contributed by atoms with Crippen molar-refractivity contribution < 1.29 is 0 Å². The number of nitrogens with two attached hydrogens (primary N) is 1. The van der Waals surface area contributed by atoms with Gasteiger partial charge in [0.1, 0.15) is 0 Å². The molecule has 0 bridgehead atoms. The standard InChI is InChI=1S/C16H26N2/c1-12-7-3-5-9-15(12)13(2)18-16-10-6-4-8-14(16)11-17/h3,5,7,9,13-14,16,18H,4,6,8,10-11,17H2,1-2H3/t13-,14?,16?/m0/s1. The summed E-state index contributed by atoms with van der Waals surface area (Å²) in [5, 5.41) is 3.80. The third-order valence-corrected chi connectivity index (χ3v) is 4.33. The molecule has 18 heavy (non-hydrogen) atoms. The van der Waals surface area contributed by atoms with Gasteiger partial charge in [0.15, 0.2) is 0 Å². The average Bonchev–Trinajstić information content (AvgIpc) is 2.39. The molecular weight excluding hydrogens is 220 g/mol. The molecule has 0 saturated heterocycles. The van der Waals surface area contributed by atoms with Crippen molar-refractivity contribution in [3.63, 3.8) is 0 Å². The third kappa shape index (κ3) is 3.12. The number of rotatable bonds is 4. The van der Waals surface area contributed by atoms with E-state index in [9.17, 15) is 0 Å². The first-order chi connectivity index (χ1) is 8.72. The second kappa shape index (κ2) is 6.35. The molecule has 2 unspecified atom stereocenters. The molecule has 1 aromatic rings. The van der Waals surface area contributed by atoms with Crippen LogP contribution in [0.5, 0.6) is 0 Å². The molecule has 1 saturated carbocycles. The lowest BCUT2D eigenvalue weighted by Crippen LogP contribution is -2.43. The normalized spacial score (nSPS) is 25.9. The van der Waals surface area contributed by atoms with E-state index in [0.29, 0.717) is 18.0 Å². The Hall–Kier alpha value is -0.860. The maximum absolute atomic E-state index is 5.90. The maximum Gasteiger partial charge on any atom is 0.0297 e. The Morgan fingerprint density at radius 3 is 2.72 bits per heavy atom. The van der Waals surface area contributed by atoms with Gasteiger partial charge in [0.05, 0.1) is 0 Å². The zero-order valence-corrected chi connectivity index (χ0v) is 11.7. The van der Waals surface area contributed by atoms with Crippen molar-refractivity contribution in [2.24, 2.45) is 11.7 Å². The summed E-state index contributed by atoms with van der Waals surface area (Å²) >= 11 is 0. The summed E-state index contributed by atoms with van der Waals surface area (Å²) in [6.07, 6.45) is 5.25. The van der Waals surface area contributed by atoms with E-state index in [1.165, 1.54) is 36.8 Å². The van der Waals surface area contributed by atoms with Crippen LogP contribution in [0.15, 0.2) is 24.3 Å². The van der Waals surface area contributed by atoms with Gasteiger partial charge in [-0.05, 0) is 50.3 Å². The van der Waals surface area contributed by atoms with Gasteiger partial charge >= 0.3 is 0 Å². The first kappa shape index (κ1) is 13.6. The topological polar surface area (TPSA) is 38.0 Å². The molecule has 2 rings (SSSR count). The molecule has 0 spiro atoms. The molecule has 0 amide bonds. The molecule has 0 radical (unpaired) electrons. The van der Waals surface area contributed by atoms with Crippen LogP contribution in [-0.4, -0.2) is 12.6 Å². The highest BCUT2D eigenvalue weighted by molar-refractivity contribution is 5.28. The highest BCUT2D eigenvalue weighted by atomic mass is 15.0. The highest BCUT2D eigenvalue weighted by Crippen LogP contribution is 2.26. The van der Waals surface area contributed by atoms with Crippen molar-refractivity contribution in [3.8, 4) is 0 Å². The van der Waals surface area contributed by atoms with E-state index in [1.807, 2.05) is 0 Å². The van der Waals surface area contributed by atoms with Crippen molar-refractivity contribution in [1.82, 2.24) is 5.32 Å². The second-order valence-corrected chi connectivity index (χ2v) is 5.63. The van der Waals surface area contributed by atoms with E-state index < -0.39 is 0 Å².